The van der Waals surface area contributed by atoms with E-state index < -0.39 is 6.23 Å². The third kappa shape index (κ3) is 3.95. The first-order valence-corrected chi connectivity index (χ1v) is 10.4. The maximum atomic E-state index is 14.8. The summed E-state index contributed by atoms with van der Waals surface area (Å²) in [7, 11) is 1.80. The van der Waals surface area contributed by atoms with Crippen LogP contribution in [0.4, 0.5) is 4.39 Å². The molecule has 0 bridgehead atoms. The van der Waals surface area contributed by atoms with Crippen molar-refractivity contribution in [3.8, 4) is 11.3 Å². The molecule has 0 aliphatic heterocycles. The quantitative estimate of drug-likeness (QED) is 0.542. The zero-order chi connectivity index (χ0) is 21.3. The molecule has 1 fully saturated rings. The molecule has 158 valence electrons. The van der Waals surface area contributed by atoms with Crippen molar-refractivity contribution >= 4 is 16.8 Å². The first kappa shape index (κ1) is 20.5. The summed E-state index contributed by atoms with van der Waals surface area (Å²) in [6.07, 6.45) is 6.00. The van der Waals surface area contributed by atoms with E-state index in [0.29, 0.717) is 28.8 Å². The molecule has 2 aromatic heterocycles. The molecule has 1 unspecified atom stereocenters. The summed E-state index contributed by atoms with van der Waals surface area (Å²) in [6.45, 7) is 1.93. The average molecular weight is 410 g/mol. The summed E-state index contributed by atoms with van der Waals surface area (Å²) in [4.78, 5) is 21.9. The van der Waals surface area contributed by atoms with Crippen LogP contribution in [0.25, 0.3) is 22.2 Å². The van der Waals surface area contributed by atoms with Crippen molar-refractivity contribution in [2.45, 2.75) is 50.9 Å². The maximum absolute atomic E-state index is 14.8. The number of benzene rings is 1. The molecular formula is C23H27FN4O2. The Bertz CT molecular complexity index is 1030. The minimum absolute atomic E-state index is 0.101. The Morgan fingerprint density at radius 3 is 2.90 bits per heavy atom. The molecule has 0 spiro atoms. The highest BCUT2D eigenvalue weighted by Gasteiger charge is 2.31. The van der Waals surface area contributed by atoms with Crippen molar-refractivity contribution in [2.24, 2.45) is 0 Å². The smallest absolute Gasteiger partial charge is 0.255 e. The molecule has 4 rings (SSSR count). The summed E-state index contributed by atoms with van der Waals surface area (Å²) in [5.74, 6) is -0.448. The van der Waals surface area contributed by atoms with Gasteiger partial charge in [0.2, 0.25) is 0 Å². The molecule has 0 radical (unpaired) electrons. The molecule has 30 heavy (non-hydrogen) atoms. The largest absolute Gasteiger partial charge is 0.379 e. The molecule has 7 heteroatoms. The van der Waals surface area contributed by atoms with Crippen molar-refractivity contribution in [2.75, 3.05) is 7.05 Å². The summed E-state index contributed by atoms with van der Waals surface area (Å²) in [6, 6.07) is 9.09. The lowest BCUT2D eigenvalue weighted by atomic mass is 10.1. The lowest BCUT2D eigenvalue weighted by molar-refractivity contribution is 0.0728. The van der Waals surface area contributed by atoms with Gasteiger partial charge in [0.25, 0.3) is 5.91 Å². The van der Waals surface area contributed by atoms with Crippen LogP contribution in [0.3, 0.4) is 0 Å². The normalized spacial score (nSPS) is 19.9. The van der Waals surface area contributed by atoms with Gasteiger partial charge >= 0.3 is 0 Å². The summed E-state index contributed by atoms with van der Waals surface area (Å²) in [5, 5.41) is 13.8. The zero-order valence-electron chi connectivity index (χ0n) is 17.2. The van der Waals surface area contributed by atoms with Gasteiger partial charge in [-0.05, 0) is 49.9 Å². The molecule has 3 N–H and O–H groups in total. The van der Waals surface area contributed by atoms with E-state index in [9.17, 15) is 14.3 Å². The Hall–Kier alpha value is -2.77. The van der Waals surface area contributed by atoms with Crippen LogP contribution in [-0.2, 0) is 0 Å². The van der Waals surface area contributed by atoms with Gasteiger partial charge in [0.1, 0.15) is 6.23 Å². The van der Waals surface area contributed by atoms with E-state index in [-0.39, 0.29) is 23.8 Å². The fourth-order valence-electron chi connectivity index (χ4n) is 4.19. The first-order chi connectivity index (χ1) is 14.5. The van der Waals surface area contributed by atoms with Crippen molar-refractivity contribution in [3.63, 3.8) is 0 Å². The van der Waals surface area contributed by atoms with Gasteiger partial charge in [-0.1, -0.05) is 13.0 Å². The molecule has 2 heterocycles. The summed E-state index contributed by atoms with van der Waals surface area (Å²) < 4.78 is 14.8. The van der Waals surface area contributed by atoms with E-state index >= 15 is 0 Å². The molecule has 1 amide bonds. The van der Waals surface area contributed by atoms with Gasteiger partial charge < -0.3 is 15.0 Å². The molecule has 1 aliphatic carbocycles. The number of hydrogen-bond donors (Lipinski definition) is 3. The van der Waals surface area contributed by atoms with Gasteiger partial charge in [0.05, 0.1) is 16.8 Å². The molecule has 3 atom stereocenters. The molecule has 1 aromatic carbocycles. The first-order valence-electron chi connectivity index (χ1n) is 10.4. The molecule has 0 saturated heterocycles. The van der Waals surface area contributed by atoms with E-state index in [0.717, 1.165) is 24.6 Å². The van der Waals surface area contributed by atoms with Crippen LogP contribution in [0, 0.1) is 5.82 Å². The zero-order valence-corrected chi connectivity index (χ0v) is 17.2. The summed E-state index contributed by atoms with van der Waals surface area (Å²) in [5.41, 5.74) is 1.82. The SMILES string of the molecule is CCC(O)N[C@H]1CC[C@@H](N(C)C(=O)c2ccc(-c3ccc4cc[nH]c4c3F)nc2)C1. The minimum atomic E-state index is -0.503. The Labute approximate surface area is 175 Å². The van der Waals surface area contributed by atoms with E-state index in [1.54, 1.807) is 36.3 Å². The molecular weight excluding hydrogens is 383 g/mol. The lowest BCUT2D eigenvalue weighted by Crippen LogP contribution is -2.39. The van der Waals surface area contributed by atoms with Crippen molar-refractivity contribution in [1.29, 1.82) is 0 Å². The number of fused-ring (bicyclic) bond motifs is 1. The molecule has 6 nitrogen and oxygen atoms in total. The Balaban J connectivity index is 1.46. The highest BCUT2D eigenvalue weighted by molar-refractivity contribution is 5.94. The van der Waals surface area contributed by atoms with Gasteiger partial charge in [0.15, 0.2) is 5.82 Å². The number of aliphatic hydroxyl groups is 1. The number of aromatic nitrogens is 2. The summed E-state index contributed by atoms with van der Waals surface area (Å²) >= 11 is 0. The van der Waals surface area contributed by atoms with Crippen LogP contribution in [0.2, 0.25) is 0 Å². The second-order valence-electron chi connectivity index (χ2n) is 7.97. The van der Waals surface area contributed by atoms with E-state index in [2.05, 4.69) is 15.3 Å². The van der Waals surface area contributed by atoms with E-state index in [4.69, 9.17) is 0 Å². The fourth-order valence-corrected chi connectivity index (χ4v) is 4.19. The number of amides is 1. The molecule has 1 aliphatic rings. The second-order valence-corrected chi connectivity index (χ2v) is 7.97. The lowest BCUT2D eigenvalue weighted by Gasteiger charge is -2.25. The maximum Gasteiger partial charge on any atom is 0.255 e. The fraction of sp³-hybridized carbons (Fsp3) is 0.391. The molecule has 1 saturated carbocycles. The topological polar surface area (TPSA) is 81.2 Å². The number of hydrogen-bond acceptors (Lipinski definition) is 4. The number of H-pyrrole nitrogens is 1. The van der Waals surface area contributed by atoms with Gasteiger partial charge in [-0.2, -0.15) is 0 Å². The number of aliphatic hydroxyl groups excluding tert-OH is 1. The standard InChI is InChI=1S/C23H27FN4O2/c1-3-20(29)27-16-6-7-17(12-16)28(2)23(30)15-5-9-19(26-13-15)18-8-4-14-10-11-25-22(14)21(18)24/h4-5,8-11,13,16-17,20,25,27,29H,3,6-7,12H2,1-2H3/t16-,17+,20?/m0/s1. The van der Waals surface area contributed by atoms with Gasteiger partial charge in [-0.3, -0.25) is 15.1 Å². The number of aromatic amines is 1. The predicted molar refractivity (Wildman–Crippen MR) is 114 cm³/mol. The van der Waals surface area contributed by atoms with Crippen molar-refractivity contribution in [3.05, 3.63) is 54.1 Å². The second kappa shape index (κ2) is 8.53. The third-order valence-electron chi connectivity index (χ3n) is 6.04. The Morgan fingerprint density at radius 1 is 1.33 bits per heavy atom. The number of carbonyl (C=O) groups is 1. The van der Waals surface area contributed by atoms with Crippen LogP contribution in [-0.4, -0.2) is 51.2 Å². The number of nitrogens with one attached hydrogen (secondary N) is 2. The van der Waals surface area contributed by atoms with E-state index in [1.807, 2.05) is 19.1 Å². The number of nitrogens with zero attached hydrogens (tertiary/aromatic N) is 2. The molecule has 3 aromatic rings. The van der Waals surface area contributed by atoms with Crippen LogP contribution < -0.4 is 5.32 Å². The Morgan fingerprint density at radius 2 is 2.17 bits per heavy atom. The monoisotopic (exact) mass is 410 g/mol. The van der Waals surface area contributed by atoms with Crippen molar-refractivity contribution in [1.82, 2.24) is 20.2 Å². The highest BCUT2D eigenvalue weighted by atomic mass is 19.1. The van der Waals surface area contributed by atoms with Gasteiger partial charge in [-0.25, -0.2) is 4.39 Å². The third-order valence-corrected chi connectivity index (χ3v) is 6.04. The number of pyridine rings is 1. The van der Waals surface area contributed by atoms with Crippen LogP contribution in [0.5, 0.6) is 0 Å². The van der Waals surface area contributed by atoms with Crippen LogP contribution in [0.1, 0.15) is 43.0 Å². The predicted octanol–water partition coefficient (Wildman–Crippen LogP) is 3.68. The highest BCUT2D eigenvalue weighted by Crippen LogP contribution is 2.28. The van der Waals surface area contributed by atoms with Crippen molar-refractivity contribution < 1.29 is 14.3 Å². The van der Waals surface area contributed by atoms with Gasteiger partial charge in [-0.15, -0.1) is 0 Å². The average Bonchev–Trinajstić information content (AvgIpc) is 3.43. The van der Waals surface area contributed by atoms with Gasteiger partial charge in [0, 0.05) is 42.5 Å². The minimum Gasteiger partial charge on any atom is -0.379 e. The van der Waals surface area contributed by atoms with Crippen LogP contribution >= 0.6 is 0 Å². The van der Waals surface area contributed by atoms with Crippen LogP contribution in [0.15, 0.2) is 42.7 Å². The number of halogens is 1. The van der Waals surface area contributed by atoms with E-state index in [1.165, 1.54) is 6.20 Å². The number of rotatable bonds is 6. The Kier molecular flexibility index (Phi) is 5.83. The number of carbonyl (C=O) groups excluding carboxylic acids is 1.